The van der Waals surface area contributed by atoms with E-state index in [0.717, 1.165) is 21.7 Å². The van der Waals surface area contributed by atoms with E-state index >= 15 is 0 Å². The number of nitrogens with zero attached hydrogens (tertiary/aromatic N) is 1. The van der Waals surface area contributed by atoms with E-state index < -0.39 is 0 Å². The van der Waals surface area contributed by atoms with Gasteiger partial charge in [0, 0.05) is 16.8 Å². The third kappa shape index (κ3) is 1.53. The van der Waals surface area contributed by atoms with Crippen molar-refractivity contribution in [1.82, 2.24) is 4.98 Å². The van der Waals surface area contributed by atoms with Crippen LogP contribution in [-0.2, 0) is 0 Å². The van der Waals surface area contributed by atoms with Gasteiger partial charge in [-0.3, -0.25) is 0 Å². The van der Waals surface area contributed by atoms with E-state index in [1.165, 1.54) is 0 Å². The van der Waals surface area contributed by atoms with Gasteiger partial charge in [-0.2, -0.15) is 0 Å². The molecule has 0 saturated carbocycles. The van der Waals surface area contributed by atoms with Crippen molar-refractivity contribution in [2.45, 2.75) is 6.92 Å². The molecular weight excluding hydrogens is 250 g/mol. The SMILES string of the molecule is Cc1cc2nc3c(ccc4ccccc43)cc2c(=O)o1. The predicted molar refractivity (Wildman–Crippen MR) is 80.0 cm³/mol. The second-order valence-electron chi connectivity index (χ2n) is 4.92. The van der Waals surface area contributed by atoms with Crippen molar-refractivity contribution < 1.29 is 4.42 Å². The third-order valence-electron chi connectivity index (χ3n) is 3.55. The minimum atomic E-state index is -0.331. The fraction of sp³-hybridized carbons (Fsp3) is 0.0588. The highest BCUT2D eigenvalue weighted by Crippen LogP contribution is 2.26. The molecule has 0 saturated heterocycles. The molecule has 0 N–H and O–H groups in total. The Morgan fingerprint density at radius 2 is 1.75 bits per heavy atom. The lowest BCUT2D eigenvalue weighted by Crippen LogP contribution is -2.01. The Labute approximate surface area is 114 Å². The summed E-state index contributed by atoms with van der Waals surface area (Å²) in [4.78, 5) is 16.6. The summed E-state index contributed by atoms with van der Waals surface area (Å²) in [6.07, 6.45) is 0. The molecule has 0 spiro atoms. The smallest absolute Gasteiger partial charge is 0.345 e. The molecule has 0 aliphatic rings. The normalized spacial score (nSPS) is 11.4. The number of rotatable bonds is 0. The molecule has 0 aliphatic heterocycles. The number of hydrogen-bond donors (Lipinski definition) is 0. The second kappa shape index (κ2) is 3.90. The molecule has 2 aromatic heterocycles. The molecule has 0 amide bonds. The number of aryl methyl sites for hydroxylation is 1. The zero-order valence-corrected chi connectivity index (χ0v) is 10.9. The molecule has 2 aromatic carbocycles. The van der Waals surface area contributed by atoms with E-state index in [9.17, 15) is 4.79 Å². The topological polar surface area (TPSA) is 43.1 Å². The minimum absolute atomic E-state index is 0.331. The first-order valence-electron chi connectivity index (χ1n) is 6.45. The molecule has 3 heteroatoms. The maximum absolute atomic E-state index is 11.9. The first-order chi connectivity index (χ1) is 9.72. The van der Waals surface area contributed by atoms with Crippen molar-refractivity contribution in [2.24, 2.45) is 0 Å². The fourth-order valence-electron chi connectivity index (χ4n) is 2.62. The number of aromatic nitrogens is 1. The Bertz CT molecular complexity index is 1030. The zero-order chi connectivity index (χ0) is 13.7. The van der Waals surface area contributed by atoms with Gasteiger partial charge in [-0.15, -0.1) is 0 Å². The summed E-state index contributed by atoms with van der Waals surface area (Å²) < 4.78 is 5.13. The van der Waals surface area contributed by atoms with Crippen LogP contribution in [0.25, 0.3) is 32.6 Å². The van der Waals surface area contributed by atoms with Gasteiger partial charge >= 0.3 is 5.63 Å². The van der Waals surface area contributed by atoms with Gasteiger partial charge in [-0.05, 0) is 18.4 Å². The highest BCUT2D eigenvalue weighted by atomic mass is 16.4. The molecular formula is C17H11NO2. The van der Waals surface area contributed by atoms with E-state index in [4.69, 9.17) is 4.42 Å². The van der Waals surface area contributed by atoms with Crippen molar-refractivity contribution in [3.05, 3.63) is 64.7 Å². The molecule has 4 rings (SSSR count). The number of benzene rings is 2. The summed E-state index contributed by atoms with van der Waals surface area (Å²) in [7, 11) is 0. The molecule has 0 fully saturated rings. The van der Waals surface area contributed by atoms with Gasteiger partial charge in [-0.1, -0.05) is 36.4 Å². The molecule has 0 aliphatic carbocycles. The largest absolute Gasteiger partial charge is 0.428 e. The molecule has 0 unspecified atom stereocenters. The van der Waals surface area contributed by atoms with Gasteiger partial charge in [0.15, 0.2) is 0 Å². The van der Waals surface area contributed by atoms with Crippen LogP contribution in [0.5, 0.6) is 0 Å². The lowest BCUT2D eigenvalue weighted by atomic mass is 10.1. The van der Waals surface area contributed by atoms with Crippen LogP contribution in [0.1, 0.15) is 5.76 Å². The van der Waals surface area contributed by atoms with Crippen LogP contribution >= 0.6 is 0 Å². The summed E-state index contributed by atoms with van der Waals surface area (Å²) in [5.74, 6) is 0.578. The fourth-order valence-corrected chi connectivity index (χ4v) is 2.62. The molecule has 0 radical (unpaired) electrons. The summed E-state index contributed by atoms with van der Waals surface area (Å²) in [6.45, 7) is 1.76. The van der Waals surface area contributed by atoms with E-state index in [-0.39, 0.29) is 5.63 Å². The van der Waals surface area contributed by atoms with Crippen LogP contribution in [0, 0.1) is 6.92 Å². The molecule has 0 atom stereocenters. The van der Waals surface area contributed by atoms with Crippen molar-refractivity contribution in [3.63, 3.8) is 0 Å². The van der Waals surface area contributed by atoms with Gasteiger partial charge in [0.25, 0.3) is 0 Å². The zero-order valence-electron chi connectivity index (χ0n) is 10.9. The standard InChI is InChI=1S/C17H11NO2/c1-10-8-15-14(17(19)20-10)9-12-7-6-11-4-2-3-5-13(11)16(12)18-15/h2-9H,1H3. The van der Waals surface area contributed by atoms with Crippen LogP contribution in [0.2, 0.25) is 0 Å². The van der Waals surface area contributed by atoms with Crippen LogP contribution < -0.4 is 5.63 Å². The van der Waals surface area contributed by atoms with Gasteiger partial charge in [0.1, 0.15) is 5.76 Å². The Kier molecular flexibility index (Phi) is 2.18. The highest BCUT2D eigenvalue weighted by Gasteiger charge is 2.08. The molecule has 96 valence electrons. The predicted octanol–water partition coefficient (Wildman–Crippen LogP) is 3.80. The van der Waals surface area contributed by atoms with Crippen LogP contribution in [-0.4, -0.2) is 4.98 Å². The molecule has 3 nitrogen and oxygen atoms in total. The molecule has 2 heterocycles. The van der Waals surface area contributed by atoms with Gasteiger partial charge < -0.3 is 4.42 Å². The second-order valence-corrected chi connectivity index (χ2v) is 4.92. The summed E-state index contributed by atoms with van der Waals surface area (Å²) in [5, 5.41) is 3.72. The minimum Gasteiger partial charge on any atom is -0.428 e. The Hall–Kier alpha value is -2.68. The monoisotopic (exact) mass is 261 g/mol. The lowest BCUT2D eigenvalue weighted by molar-refractivity contribution is 0.488. The first kappa shape index (κ1) is 11.2. The Morgan fingerprint density at radius 1 is 0.950 bits per heavy atom. The van der Waals surface area contributed by atoms with Crippen LogP contribution in [0.4, 0.5) is 0 Å². The van der Waals surface area contributed by atoms with E-state index in [2.05, 4.69) is 17.1 Å². The molecule has 20 heavy (non-hydrogen) atoms. The molecule has 4 aromatic rings. The van der Waals surface area contributed by atoms with Crippen molar-refractivity contribution in [2.75, 3.05) is 0 Å². The number of hydrogen-bond acceptors (Lipinski definition) is 3. The van der Waals surface area contributed by atoms with Gasteiger partial charge in [0.05, 0.1) is 16.4 Å². The average molecular weight is 261 g/mol. The molecule has 0 bridgehead atoms. The van der Waals surface area contributed by atoms with Crippen LogP contribution in [0.15, 0.2) is 57.7 Å². The number of fused-ring (bicyclic) bond motifs is 4. The quantitative estimate of drug-likeness (QED) is 0.357. The average Bonchev–Trinajstić information content (AvgIpc) is 2.45. The number of pyridine rings is 1. The lowest BCUT2D eigenvalue weighted by Gasteiger charge is -2.05. The first-order valence-corrected chi connectivity index (χ1v) is 6.45. The van der Waals surface area contributed by atoms with Crippen molar-refractivity contribution in [3.8, 4) is 0 Å². The maximum Gasteiger partial charge on any atom is 0.345 e. The Balaban J connectivity index is 2.27. The highest BCUT2D eigenvalue weighted by molar-refractivity contribution is 6.08. The third-order valence-corrected chi connectivity index (χ3v) is 3.55. The summed E-state index contributed by atoms with van der Waals surface area (Å²) >= 11 is 0. The Morgan fingerprint density at radius 3 is 2.65 bits per heavy atom. The van der Waals surface area contributed by atoms with E-state index in [0.29, 0.717) is 16.7 Å². The summed E-state index contributed by atoms with van der Waals surface area (Å²) in [6, 6.07) is 15.8. The van der Waals surface area contributed by atoms with E-state index in [1.54, 1.807) is 13.0 Å². The van der Waals surface area contributed by atoms with Crippen molar-refractivity contribution in [1.29, 1.82) is 0 Å². The summed E-state index contributed by atoms with van der Waals surface area (Å²) in [5.41, 5.74) is 1.27. The van der Waals surface area contributed by atoms with E-state index in [1.807, 2.05) is 30.3 Å². The van der Waals surface area contributed by atoms with Gasteiger partial charge in [0.2, 0.25) is 0 Å². The van der Waals surface area contributed by atoms with Gasteiger partial charge in [-0.25, -0.2) is 9.78 Å². The maximum atomic E-state index is 11.9. The van der Waals surface area contributed by atoms with Crippen molar-refractivity contribution >= 4 is 32.6 Å². The van der Waals surface area contributed by atoms with Crippen LogP contribution in [0.3, 0.4) is 0 Å².